The van der Waals surface area contributed by atoms with Gasteiger partial charge in [0.25, 0.3) is 5.91 Å². The van der Waals surface area contributed by atoms with Crippen LogP contribution in [0.1, 0.15) is 71.0 Å². The van der Waals surface area contributed by atoms with Crippen LogP contribution in [0.15, 0.2) is 89.8 Å². The second-order valence-electron chi connectivity index (χ2n) is 13.9. The Kier molecular flexibility index (Phi) is 15.3. The summed E-state index contributed by atoms with van der Waals surface area (Å²) in [6, 6.07) is 28.5. The highest BCUT2D eigenvalue weighted by molar-refractivity contribution is 7.89. The van der Waals surface area contributed by atoms with Crippen LogP contribution in [0, 0.1) is 11.3 Å². The molecule has 1 aliphatic heterocycles. The molecule has 4 aromatic carbocycles. The van der Waals surface area contributed by atoms with E-state index in [0.717, 1.165) is 60.8 Å². The summed E-state index contributed by atoms with van der Waals surface area (Å²) in [5.41, 5.74) is 0.251. The third-order valence-electron chi connectivity index (χ3n) is 9.99. The number of amides is 1. The molecule has 0 bridgehead atoms. The number of carbonyl (C=O) groups is 4. The number of hydrogen-bond donors (Lipinski definition) is 5. The molecule has 302 valence electrons. The zero-order chi connectivity index (χ0) is 41.9. The predicted molar refractivity (Wildman–Crippen MR) is 213 cm³/mol. The van der Waals surface area contributed by atoms with Gasteiger partial charge in [-0.2, -0.15) is 5.26 Å². The molecule has 1 unspecified atom stereocenters. The molecule has 1 atom stereocenters. The van der Waals surface area contributed by atoms with E-state index in [4.69, 9.17) is 32.0 Å². The monoisotopic (exact) mass is 820 g/mol. The van der Waals surface area contributed by atoms with E-state index in [9.17, 15) is 32.9 Å². The van der Waals surface area contributed by atoms with Crippen LogP contribution in [0.4, 0.5) is 0 Å². The fourth-order valence-corrected chi connectivity index (χ4v) is 8.11. The van der Waals surface area contributed by atoms with Crippen molar-refractivity contribution in [2.24, 2.45) is 0 Å². The summed E-state index contributed by atoms with van der Waals surface area (Å²) in [5.74, 6) is -4.88. The zero-order valence-electron chi connectivity index (χ0n) is 31.5. The van der Waals surface area contributed by atoms with Gasteiger partial charge in [0, 0.05) is 30.1 Å². The number of nitrogens with one attached hydrogen (secondary N) is 1. The molecule has 14 nitrogen and oxygen atoms in total. The lowest BCUT2D eigenvalue weighted by Gasteiger charge is -2.34. The third-order valence-corrected chi connectivity index (χ3v) is 11.7. The van der Waals surface area contributed by atoms with Crippen LogP contribution in [0.2, 0.25) is 5.02 Å². The second-order valence-corrected chi connectivity index (χ2v) is 16.2. The molecule has 0 spiro atoms. The number of benzene rings is 4. The van der Waals surface area contributed by atoms with Crippen LogP contribution in [0.3, 0.4) is 0 Å². The summed E-state index contributed by atoms with van der Waals surface area (Å²) < 4.78 is 27.7. The average molecular weight is 821 g/mol. The number of aliphatic carboxylic acids is 3. The SMILES string of the molecule is CNS(=O)(=O)c1ccccc1C1CCN(CCC(CN(C)C(=O)c2cc(C#N)cc3ccccc23)c2ccc(Cl)cc2)CC1.O=C(O)CC(O)(CC(=O)O)C(=O)O. The quantitative estimate of drug-likeness (QED) is 0.105. The molecule has 1 saturated heterocycles. The lowest BCUT2D eigenvalue weighted by atomic mass is 9.88. The van der Waals surface area contributed by atoms with Gasteiger partial charge >= 0.3 is 17.9 Å². The van der Waals surface area contributed by atoms with Gasteiger partial charge in [0.2, 0.25) is 10.0 Å². The van der Waals surface area contributed by atoms with E-state index < -0.39 is 46.4 Å². The van der Waals surface area contributed by atoms with Gasteiger partial charge in [0.15, 0.2) is 5.60 Å². The number of halogens is 1. The van der Waals surface area contributed by atoms with E-state index in [1.165, 1.54) is 7.05 Å². The number of carboxylic acid groups (broad SMARTS) is 3. The van der Waals surface area contributed by atoms with Gasteiger partial charge in [-0.1, -0.05) is 66.2 Å². The lowest BCUT2D eigenvalue weighted by Crippen LogP contribution is -2.42. The van der Waals surface area contributed by atoms with Gasteiger partial charge in [0.05, 0.1) is 29.4 Å². The maximum atomic E-state index is 13.8. The summed E-state index contributed by atoms with van der Waals surface area (Å²) in [5, 5.41) is 45.8. The Hall–Kier alpha value is -5.37. The minimum atomic E-state index is -3.52. The van der Waals surface area contributed by atoms with Gasteiger partial charge in [0.1, 0.15) is 0 Å². The number of sulfonamides is 1. The van der Waals surface area contributed by atoms with Crippen LogP contribution in [0.25, 0.3) is 10.8 Å². The minimum absolute atomic E-state index is 0.0749. The van der Waals surface area contributed by atoms with E-state index in [1.54, 1.807) is 23.1 Å². The van der Waals surface area contributed by atoms with Crippen LogP contribution < -0.4 is 4.72 Å². The van der Waals surface area contributed by atoms with E-state index in [-0.39, 0.29) is 17.7 Å². The van der Waals surface area contributed by atoms with Gasteiger partial charge in [-0.3, -0.25) is 14.4 Å². The first-order chi connectivity index (χ1) is 27.0. The number of likely N-dealkylation sites (tertiary alicyclic amines) is 1. The van der Waals surface area contributed by atoms with Crippen LogP contribution >= 0.6 is 11.6 Å². The smallest absolute Gasteiger partial charge is 0.336 e. The summed E-state index contributed by atoms with van der Waals surface area (Å²) in [4.78, 5) is 48.8. The molecule has 0 aromatic heterocycles. The normalized spacial score (nSPS) is 14.2. The van der Waals surface area contributed by atoms with Crippen LogP contribution in [-0.2, 0) is 24.4 Å². The summed E-state index contributed by atoms with van der Waals surface area (Å²) in [6.45, 7) is 3.10. The van der Waals surface area contributed by atoms with Crippen LogP contribution in [0.5, 0.6) is 0 Å². The van der Waals surface area contributed by atoms with E-state index in [0.29, 0.717) is 27.6 Å². The van der Waals surface area contributed by atoms with E-state index in [1.807, 2.05) is 73.8 Å². The van der Waals surface area contributed by atoms with E-state index >= 15 is 0 Å². The van der Waals surface area contributed by atoms with Crippen LogP contribution in [-0.4, -0.2) is 108 Å². The number of fused-ring (bicyclic) bond motifs is 1. The molecule has 16 heteroatoms. The molecular weight excluding hydrogens is 776 g/mol. The standard InChI is InChI=1S/C35H37ClN4O3S.C6H8O7/c1-38-44(42,43)34-10-6-5-9-32(34)27-15-18-40(19-16-27)20-17-29(26-11-13-30(36)14-12-26)24-39(2)35(41)33-22-25(23-37)21-28-7-3-4-8-31(28)33;7-3(8)1-6(13,5(11)12)2-4(9)10/h3-14,21-22,27,29,38H,15-20,24H2,1-2H3;13H,1-2H2,(H,7,8)(H,9,10)(H,11,12). The van der Waals surface area contributed by atoms with Crippen molar-refractivity contribution in [1.29, 1.82) is 5.26 Å². The van der Waals surface area contributed by atoms with E-state index in [2.05, 4.69) is 15.7 Å². The van der Waals surface area contributed by atoms with Gasteiger partial charge in [-0.05, 0) is 104 Å². The molecule has 1 heterocycles. The molecule has 1 amide bonds. The fraction of sp³-hybridized carbons (Fsp3) is 0.341. The molecule has 0 aliphatic carbocycles. The first-order valence-electron chi connectivity index (χ1n) is 18.1. The molecule has 5 N–H and O–H groups in total. The highest BCUT2D eigenvalue weighted by Gasteiger charge is 2.40. The Morgan fingerprint density at radius 1 is 0.947 bits per heavy atom. The van der Waals surface area contributed by atoms with Gasteiger partial charge in [-0.15, -0.1) is 0 Å². The maximum absolute atomic E-state index is 13.8. The molecular formula is C41H45ClN4O10S. The Morgan fingerprint density at radius 2 is 1.54 bits per heavy atom. The molecule has 0 saturated carbocycles. The van der Waals surface area contributed by atoms with Gasteiger partial charge in [-0.25, -0.2) is 17.9 Å². The summed E-state index contributed by atoms with van der Waals surface area (Å²) >= 11 is 6.21. The van der Waals surface area contributed by atoms with Crippen molar-refractivity contribution in [3.63, 3.8) is 0 Å². The van der Waals surface area contributed by atoms with Crippen molar-refractivity contribution in [2.75, 3.05) is 40.3 Å². The molecule has 5 rings (SSSR count). The lowest BCUT2D eigenvalue weighted by molar-refractivity contribution is -0.170. The fourth-order valence-electron chi connectivity index (χ4n) is 6.96. The Balaban J connectivity index is 0.000000476. The summed E-state index contributed by atoms with van der Waals surface area (Å²) in [7, 11) is -0.255. The molecule has 0 radical (unpaired) electrons. The Morgan fingerprint density at radius 3 is 2.12 bits per heavy atom. The highest BCUT2D eigenvalue weighted by Crippen LogP contribution is 2.33. The number of hydrogen-bond acceptors (Lipinski definition) is 9. The zero-order valence-corrected chi connectivity index (χ0v) is 33.0. The minimum Gasteiger partial charge on any atom is -0.481 e. The number of likely N-dealkylation sites (N-methyl/N-ethyl adjacent to an activating group) is 1. The molecule has 1 aliphatic rings. The number of carboxylic acids is 3. The highest BCUT2D eigenvalue weighted by atomic mass is 35.5. The maximum Gasteiger partial charge on any atom is 0.336 e. The first-order valence-corrected chi connectivity index (χ1v) is 19.9. The Bertz CT molecular complexity index is 2220. The largest absolute Gasteiger partial charge is 0.481 e. The topological polar surface area (TPSA) is 226 Å². The predicted octanol–water partition coefficient (Wildman–Crippen LogP) is 5.15. The second kappa shape index (κ2) is 19.7. The number of carbonyl (C=O) groups excluding carboxylic acids is 1. The van der Waals surface area contributed by atoms with Crippen molar-refractivity contribution in [3.8, 4) is 6.07 Å². The molecule has 1 fully saturated rings. The van der Waals surface area contributed by atoms with Crippen molar-refractivity contribution in [1.82, 2.24) is 14.5 Å². The number of nitrogens with zero attached hydrogens (tertiary/aromatic N) is 3. The third kappa shape index (κ3) is 11.8. The summed E-state index contributed by atoms with van der Waals surface area (Å²) in [6.07, 6.45) is 0.308. The molecule has 57 heavy (non-hydrogen) atoms. The number of piperidine rings is 1. The average Bonchev–Trinajstić information content (AvgIpc) is 3.18. The number of rotatable bonds is 15. The van der Waals surface area contributed by atoms with Crippen molar-refractivity contribution >= 4 is 56.2 Å². The first kappa shape index (κ1) is 44.3. The number of nitriles is 1. The Labute approximate surface area is 336 Å². The van der Waals surface area contributed by atoms with Crippen molar-refractivity contribution < 1.29 is 48.0 Å². The van der Waals surface area contributed by atoms with Crippen molar-refractivity contribution in [2.45, 2.75) is 54.4 Å². The van der Waals surface area contributed by atoms with Gasteiger partial charge < -0.3 is 30.2 Å². The molecule has 4 aromatic rings. The number of aliphatic hydroxyl groups is 1. The van der Waals surface area contributed by atoms with Crippen molar-refractivity contribution in [3.05, 3.63) is 112 Å².